The SMILES string of the molecule is COc1ccc([C@H]2[C@H](C(=O)c3ccc(F)cc3)N3c4ccc(Cl)cc4C=CC3C23C(=O)c2ccccc2C3=O)c(OC)c1. The van der Waals surface area contributed by atoms with E-state index < -0.39 is 29.2 Å². The second-order valence-electron chi connectivity index (χ2n) is 10.9. The van der Waals surface area contributed by atoms with E-state index in [0.717, 1.165) is 5.56 Å². The highest BCUT2D eigenvalue weighted by Crippen LogP contribution is 2.62. The number of rotatable bonds is 5. The number of anilines is 1. The molecule has 4 aromatic rings. The maximum absolute atomic E-state index is 14.8. The molecule has 7 rings (SSSR count). The van der Waals surface area contributed by atoms with E-state index in [2.05, 4.69) is 0 Å². The predicted molar refractivity (Wildman–Crippen MR) is 161 cm³/mol. The predicted octanol–water partition coefficient (Wildman–Crippen LogP) is 6.81. The van der Waals surface area contributed by atoms with Gasteiger partial charge in [-0.2, -0.15) is 0 Å². The molecular formula is C35H25ClFNO5. The molecule has 0 bridgehead atoms. The molecule has 0 amide bonds. The fourth-order valence-corrected chi connectivity index (χ4v) is 7.33. The molecule has 214 valence electrons. The molecule has 3 atom stereocenters. The second-order valence-corrected chi connectivity index (χ2v) is 11.3. The molecular weight excluding hydrogens is 569 g/mol. The summed E-state index contributed by atoms with van der Waals surface area (Å²) in [5.41, 5.74) is 1.08. The molecule has 2 heterocycles. The molecule has 1 aliphatic carbocycles. The van der Waals surface area contributed by atoms with Crippen molar-refractivity contribution < 1.29 is 28.2 Å². The van der Waals surface area contributed by atoms with Crippen molar-refractivity contribution in [3.05, 3.63) is 130 Å². The Morgan fingerprint density at radius 1 is 0.884 bits per heavy atom. The molecule has 4 aromatic carbocycles. The number of ether oxygens (including phenoxy) is 2. The van der Waals surface area contributed by atoms with Crippen LogP contribution in [0.2, 0.25) is 5.02 Å². The summed E-state index contributed by atoms with van der Waals surface area (Å²) in [5, 5.41) is 0.506. The number of nitrogens with zero attached hydrogens (tertiary/aromatic N) is 1. The van der Waals surface area contributed by atoms with Crippen LogP contribution in [-0.4, -0.2) is 43.7 Å². The zero-order chi connectivity index (χ0) is 30.0. The standard InChI is InChI=1S/C35H25ClFNO5/c1-42-23-13-14-26(28(18-23)43-2)30-31(32(39)19-7-11-22(37)12-8-19)38-27-15-10-21(36)17-20(27)9-16-29(38)35(30)33(40)24-5-3-4-6-25(24)34(35)41/h3-18,29-31H,1-2H3/t29?,30-,31+/m0/s1. The number of fused-ring (bicyclic) bond motifs is 5. The van der Waals surface area contributed by atoms with E-state index in [1.165, 1.54) is 38.5 Å². The Kier molecular flexibility index (Phi) is 6.25. The number of hydrogen-bond donors (Lipinski definition) is 0. The number of carbonyl (C=O) groups excluding carboxylic acids is 3. The summed E-state index contributed by atoms with van der Waals surface area (Å²) in [6, 6.07) is 20.7. The van der Waals surface area contributed by atoms with Gasteiger partial charge in [0.25, 0.3) is 0 Å². The Labute approximate surface area is 252 Å². The Hall–Kier alpha value is -4.75. The third-order valence-electron chi connectivity index (χ3n) is 8.94. The average molecular weight is 594 g/mol. The van der Waals surface area contributed by atoms with Gasteiger partial charge in [-0.05, 0) is 54.1 Å². The van der Waals surface area contributed by atoms with Gasteiger partial charge in [0.1, 0.15) is 28.8 Å². The topological polar surface area (TPSA) is 72.9 Å². The number of carbonyl (C=O) groups is 3. The molecule has 0 N–H and O–H groups in total. The van der Waals surface area contributed by atoms with Crippen molar-refractivity contribution in [1.82, 2.24) is 0 Å². The third kappa shape index (κ3) is 3.74. The quantitative estimate of drug-likeness (QED) is 0.187. The minimum atomic E-state index is -1.71. The first-order valence-electron chi connectivity index (χ1n) is 13.8. The van der Waals surface area contributed by atoms with Crippen LogP contribution in [0.5, 0.6) is 11.5 Å². The van der Waals surface area contributed by atoms with Gasteiger partial charge in [0.05, 0.1) is 20.3 Å². The highest BCUT2D eigenvalue weighted by Gasteiger charge is 2.72. The number of hydrogen-bond acceptors (Lipinski definition) is 6. The lowest BCUT2D eigenvalue weighted by molar-refractivity contribution is 0.0665. The van der Waals surface area contributed by atoms with Gasteiger partial charge in [0.2, 0.25) is 0 Å². The van der Waals surface area contributed by atoms with E-state index >= 15 is 0 Å². The summed E-state index contributed by atoms with van der Waals surface area (Å²) in [5.74, 6) is -1.67. The molecule has 2 aliphatic heterocycles. The highest BCUT2D eigenvalue weighted by atomic mass is 35.5. The molecule has 6 nitrogen and oxygen atoms in total. The minimum absolute atomic E-state index is 0.250. The third-order valence-corrected chi connectivity index (χ3v) is 9.17. The van der Waals surface area contributed by atoms with Gasteiger partial charge in [-0.25, -0.2) is 4.39 Å². The molecule has 3 aliphatic rings. The van der Waals surface area contributed by atoms with Crippen LogP contribution >= 0.6 is 11.6 Å². The molecule has 1 fully saturated rings. The lowest BCUT2D eigenvalue weighted by Gasteiger charge is -2.37. The zero-order valence-electron chi connectivity index (χ0n) is 23.2. The van der Waals surface area contributed by atoms with Gasteiger partial charge in [0, 0.05) is 44.9 Å². The second kappa shape index (κ2) is 9.92. The molecule has 8 heteroatoms. The normalized spacial score (nSPS) is 21.0. The molecule has 1 spiro atoms. The molecule has 1 unspecified atom stereocenters. The molecule has 0 aromatic heterocycles. The number of halogens is 2. The van der Waals surface area contributed by atoms with Gasteiger partial charge in [0.15, 0.2) is 17.3 Å². The number of methoxy groups -OCH3 is 2. The highest BCUT2D eigenvalue weighted by molar-refractivity contribution is 6.33. The summed E-state index contributed by atoms with van der Waals surface area (Å²) in [6.07, 6.45) is 3.67. The average Bonchev–Trinajstić information content (AvgIpc) is 3.46. The van der Waals surface area contributed by atoms with Crippen LogP contribution < -0.4 is 14.4 Å². The van der Waals surface area contributed by atoms with Crippen molar-refractivity contribution in [3.63, 3.8) is 0 Å². The van der Waals surface area contributed by atoms with Crippen LogP contribution in [0.25, 0.3) is 6.08 Å². The van der Waals surface area contributed by atoms with Crippen LogP contribution in [-0.2, 0) is 0 Å². The van der Waals surface area contributed by atoms with Gasteiger partial charge in [-0.3, -0.25) is 14.4 Å². The molecule has 0 radical (unpaired) electrons. The fourth-order valence-electron chi connectivity index (χ4n) is 7.15. The summed E-state index contributed by atoms with van der Waals surface area (Å²) in [4.78, 5) is 46.1. The van der Waals surface area contributed by atoms with Crippen LogP contribution in [0.4, 0.5) is 10.1 Å². The lowest BCUT2D eigenvalue weighted by atomic mass is 9.64. The summed E-state index contributed by atoms with van der Waals surface area (Å²) >= 11 is 6.36. The van der Waals surface area contributed by atoms with Crippen LogP contribution in [0.15, 0.2) is 91.0 Å². The van der Waals surface area contributed by atoms with E-state index in [4.69, 9.17) is 21.1 Å². The molecule has 43 heavy (non-hydrogen) atoms. The van der Waals surface area contributed by atoms with Crippen molar-refractivity contribution in [1.29, 1.82) is 0 Å². The first-order valence-corrected chi connectivity index (χ1v) is 14.2. The van der Waals surface area contributed by atoms with Crippen molar-refractivity contribution in [3.8, 4) is 11.5 Å². The van der Waals surface area contributed by atoms with Crippen molar-refractivity contribution in [2.24, 2.45) is 5.41 Å². The largest absolute Gasteiger partial charge is 0.497 e. The van der Waals surface area contributed by atoms with E-state index in [9.17, 15) is 18.8 Å². The zero-order valence-corrected chi connectivity index (χ0v) is 24.0. The van der Waals surface area contributed by atoms with Crippen LogP contribution in [0.1, 0.15) is 48.1 Å². The van der Waals surface area contributed by atoms with Crippen LogP contribution in [0.3, 0.4) is 0 Å². The first-order chi connectivity index (χ1) is 20.8. The van der Waals surface area contributed by atoms with E-state index in [0.29, 0.717) is 38.9 Å². The summed E-state index contributed by atoms with van der Waals surface area (Å²) in [7, 11) is 3.02. The summed E-state index contributed by atoms with van der Waals surface area (Å²) < 4.78 is 25.2. The van der Waals surface area contributed by atoms with E-state index in [1.807, 2.05) is 17.1 Å². The Morgan fingerprint density at radius 3 is 2.23 bits per heavy atom. The maximum Gasteiger partial charge on any atom is 0.185 e. The van der Waals surface area contributed by atoms with E-state index in [-0.39, 0.29) is 22.9 Å². The molecule has 0 saturated carbocycles. The van der Waals surface area contributed by atoms with E-state index in [1.54, 1.807) is 60.7 Å². The maximum atomic E-state index is 14.8. The van der Waals surface area contributed by atoms with Gasteiger partial charge >= 0.3 is 0 Å². The van der Waals surface area contributed by atoms with Gasteiger partial charge < -0.3 is 14.4 Å². The Balaban J connectivity index is 1.57. The van der Waals surface area contributed by atoms with Gasteiger partial charge in [-0.15, -0.1) is 0 Å². The van der Waals surface area contributed by atoms with Crippen molar-refractivity contribution in [2.75, 3.05) is 19.1 Å². The monoisotopic (exact) mass is 593 g/mol. The number of benzene rings is 4. The molecule has 1 saturated heterocycles. The number of Topliss-reactive ketones (excluding diaryl/α,β-unsaturated/α-hetero) is 3. The van der Waals surface area contributed by atoms with Crippen molar-refractivity contribution in [2.45, 2.75) is 18.0 Å². The minimum Gasteiger partial charge on any atom is -0.497 e. The Morgan fingerprint density at radius 2 is 1.58 bits per heavy atom. The van der Waals surface area contributed by atoms with Crippen LogP contribution in [0, 0.1) is 11.2 Å². The smallest absolute Gasteiger partial charge is 0.185 e. The fraction of sp³-hybridized carbons (Fsp3) is 0.171. The Bertz CT molecular complexity index is 1830. The van der Waals surface area contributed by atoms with Gasteiger partial charge in [-0.1, -0.05) is 54.1 Å². The van der Waals surface area contributed by atoms with Crippen molar-refractivity contribution >= 4 is 40.7 Å². The lowest BCUT2D eigenvalue weighted by Crippen LogP contribution is -2.48. The summed E-state index contributed by atoms with van der Waals surface area (Å²) in [6.45, 7) is 0. The number of ketones is 3. The first kappa shape index (κ1) is 27.1.